The zero-order chi connectivity index (χ0) is 12.0. The minimum atomic E-state index is 0.639. The number of rotatable bonds is 1. The summed E-state index contributed by atoms with van der Waals surface area (Å²) in [5.41, 5.74) is 8.47. The molecule has 0 aliphatic rings. The molecule has 0 saturated carbocycles. The SMILES string of the molecule is Cc1cc2cccc(-c3cc(N)n(C)n3)c2o1. The molecule has 0 amide bonds. The van der Waals surface area contributed by atoms with Crippen LogP contribution < -0.4 is 5.73 Å². The van der Waals surface area contributed by atoms with Gasteiger partial charge in [-0.05, 0) is 19.1 Å². The van der Waals surface area contributed by atoms with Crippen molar-refractivity contribution in [2.75, 3.05) is 5.73 Å². The van der Waals surface area contributed by atoms with Crippen LogP contribution in [-0.4, -0.2) is 9.78 Å². The van der Waals surface area contributed by atoms with Crippen LogP contribution in [0.5, 0.6) is 0 Å². The standard InChI is InChI=1S/C13H13N3O/c1-8-6-9-4-3-5-10(13(9)17-8)11-7-12(14)16(2)15-11/h3-7H,14H2,1-2H3. The molecule has 0 aliphatic carbocycles. The fourth-order valence-corrected chi connectivity index (χ4v) is 2.01. The third-order valence-corrected chi connectivity index (χ3v) is 2.86. The number of benzene rings is 1. The van der Waals surface area contributed by atoms with E-state index < -0.39 is 0 Å². The summed E-state index contributed by atoms with van der Waals surface area (Å²) in [6, 6.07) is 9.89. The molecule has 17 heavy (non-hydrogen) atoms. The highest BCUT2D eigenvalue weighted by Gasteiger charge is 2.11. The zero-order valence-electron chi connectivity index (χ0n) is 9.77. The lowest BCUT2D eigenvalue weighted by Gasteiger charge is -1.97. The maximum Gasteiger partial charge on any atom is 0.143 e. The first-order valence-electron chi connectivity index (χ1n) is 5.44. The molecule has 0 radical (unpaired) electrons. The third kappa shape index (κ3) is 1.49. The molecule has 2 aromatic heterocycles. The summed E-state index contributed by atoms with van der Waals surface area (Å²) in [4.78, 5) is 0. The molecule has 3 rings (SSSR count). The van der Waals surface area contributed by atoms with Gasteiger partial charge < -0.3 is 10.2 Å². The number of aromatic nitrogens is 2. The van der Waals surface area contributed by atoms with E-state index in [1.807, 2.05) is 44.3 Å². The van der Waals surface area contributed by atoms with Gasteiger partial charge in [-0.1, -0.05) is 12.1 Å². The first kappa shape index (κ1) is 9.96. The van der Waals surface area contributed by atoms with Crippen LogP contribution in [0.2, 0.25) is 0 Å². The fraction of sp³-hybridized carbons (Fsp3) is 0.154. The largest absolute Gasteiger partial charge is 0.461 e. The Morgan fingerprint density at radius 2 is 2.12 bits per heavy atom. The van der Waals surface area contributed by atoms with Crippen molar-refractivity contribution in [1.82, 2.24) is 9.78 Å². The van der Waals surface area contributed by atoms with Gasteiger partial charge in [0.05, 0.1) is 5.69 Å². The normalized spacial score (nSPS) is 11.2. The number of aryl methyl sites for hydroxylation is 2. The third-order valence-electron chi connectivity index (χ3n) is 2.86. The van der Waals surface area contributed by atoms with Crippen molar-refractivity contribution in [2.24, 2.45) is 7.05 Å². The molecular formula is C13H13N3O. The molecule has 86 valence electrons. The molecule has 0 spiro atoms. The summed E-state index contributed by atoms with van der Waals surface area (Å²) in [7, 11) is 1.83. The second-order valence-corrected chi connectivity index (χ2v) is 4.16. The summed E-state index contributed by atoms with van der Waals surface area (Å²) in [5.74, 6) is 1.54. The Kier molecular flexibility index (Phi) is 1.98. The van der Waals surface area contributed by atoms with E-state index in [1.165, 1.54) is 0 Å². The van der Waals surface area contributed by atoms with E-state index in [-0.39, 0.29) is 0 Å². The highest BCUT2D eigenvalue weighted by atomic mass is 16.3. The lowest BCUT2D eigenvalue weighted by molar-refractivity contribution is 0.579. The maximum absolute atomic E-state index is 5.80. The van der Waals surface area contributed by atoms with Gasteiger partial charge in [0.25, 0.3) is 0 Å². The van der Waals surface area contributed by atoms with Gasteiger partial charge in [0.1, 0.15) is 17.2 Å². The van der Waals surface area contributed by atoms with Gasteiger partial charge in [0.2, 0.25) is 0 Å². The molecule has 2 N–H and O–H groups in total. The number of fused-ring (bicyclic) bond motifs is 1. The van der Waals surface area contributed by atoms with Crippen LogP contribution in [0.4, 0.5) is 5.82 Å². The predicted molar refractivity (Wildman–Crippen MR) is 67.6 cm³/mol. The molecule has 2 heterocycles. The molecule has 0 saturated heterocycles. The number of hydrogen-bond donors (Lipinski definition) is 1. The summed E-state index contributed by atoms with van der Waals surface area (Å²) in [5, 5.41) is 5.46. The lowest BCUT2D eigenvalue weighted by atomic mass is 10.1. The van der Waals surface area contributed by atoms with Crippen molar-refractivity contribution in [3.05, 3.63) is 36.1 Å². The number of nitrogen functional groups attached to an aromatic ring is 1. The summed E-state index contributed by atoms with van der Waals surface area (Å²) in [6.07, 6.45) is 0. The topological polar surface area (TPSA) is 57.0 Å². The number of nitrogens with two attached hydrogens (primary N) is 1. The molecule has 0 atom stereocenters. The first-order valence-corrected chi connectivity index (χ1v) is 5.44. The minimum Gasteiger partial charge on any atom is -0.461 e. The molecule has 1 aromatic carbocycles. The minimum absolute atomic E-state index is 0.639. The van der Waals surface area contributed by atoms with Crippen molar-refractivity contribution in [1.29, 1.82) is 0 Å². The van der Waals surface area contributed by atoms with Gasteiger partial charge in [-0.2, -0.15) is 5.10 Å². The number of nitrogens with zero attached hydrogens (tertiary/aromatic N) is 2. The van der Waals surface area contributed by atoms with Crippen LogP contribution in [0.25, 0.3) is 22.2 Å². The molecule has 0 fully saturated rings. The van der Waals surface area contributed by atoms with E-state index in [9.17, 15) is 0 Å². The van der Waals surface area contributed by atoms with Gasteiger partial charge in [0.15, 0.2) is 0 Å². The van der Waals surface area contributed by atoms with Crippen LogP contribution in [0, 0.1) is 6.92 Å². The average molecular weight is 227 g/mol. The van der Waals surface area contributed by atoms with Gasteiger partial charge in [0, 0.05) is 24.1 Å². The Morgan fingerprint density at radius 1 is 1.29 bits per heavy atom. The maximum atomic E-state index is 5.80. The van der Waals surface area contributed by atoms with Gasteiger partial charge >= 0.3 is 0 Å². The highest BCUT2D eigenvalue weighted by Crippen LogP contribution is 2.30. The van der Waals surface area contributed by atoms with Crippen LogP contribution >= 0.6 is 0 Å². The van der Waals surface area contributed by atoms with Crippen molar-refractivity contribution >= 4 is 16.8 Å². The number of furan rings is 1. The Labute approximate surface area is 98.6 Å². The Hall–Kier alpha value is -2.23. The molecular weight excluding hydrogens is 214 g/mol. The van der Waals surface area contributed by atoms with Crippen LogP contribution in [0.1, 0.15) is 5.76 Å². The van der Waals surface area contributed by atoms with E-state index in [0.717, 1.165) is 28.0 Å². The predicted octanol–water partition coefficient (Wildman–Crippen LogP) is 2.72. The molecule has 0 bridgehead atoms. The van der Waals surface area contributed by atoms with Crippen LogP contribution in [0.3, 0.4) is 0 Å². The quantitative estimate of drug-likeness (QED) is 0.695. The highest BCUT2D eigenvalue weighted by molar-refractivity contribution is 5.92. The number of para-hydroxylation sites is 1. The van der Waals surface area contributed by atoms with E-state index in [2.05, 4.69) is 5.10 Å². The smallest absolute Gasteiger partial charge is 0.143 e. The zero-order valence-corrected chi connectivity index (χ0v) is 9.77. The van der Waals surface area contributed by atoms with E-state index >= 15 is 0 Å². The molecule has 0 unspecified atom stereocenters. The Morgan fingerprint density at radius 3 is 2.82 bits per heavy atom. The second-order valence-electron chi connectivity index (χ2n) is 4.16. The van der Waals surface area contributed by atoms with E-state index in [0.29, 0.717) is 5.82 Å². The molecule has 4 nitrogen and oxygen atoms in total. The number of hydrogen-bond acceptors (Lipinski definition) is 3. The van der Waals surface area contributed by atoms with Crippen molar-refractivity contribution in [3.8, 4) is 11.3 Å². The van der Waals surface area contributed by atoms with E-state index in [1.54, 1.807) is 4.68 Å². The average Bonchev–Trinajstić information content (AvgIpc) is 2.81. The van der Waals surface area contributed by atoms with Gasteiger partial charge in [-0.3, -0.25) is 4.68 Å². The van der Waals surface area contributed by atoms with Crippen molar-refractivity contribution in [2.45, 2.75) is 6.92 Å². The number of anilines is 1. The lowest BCUT2D eigenvalue weighted by Crippen LogP contribution is -1.96. The first-order chi connectivity index (χ1) is 8.15. The molecule has 4 heteroatoms. The van der Waals surface area contributed by atoms with Crippen molar-refractivity contribution < 1.29 is 4.42 Å². The van der Waals surface area contributed by atoms with Gasteiger partial charge in [-0.15, -0.1) is 0 Å². The fourth-order valence-electron chi connectivity index (χ4n) is 2.01. The van der Waals surface area contributed by atoms with Crippen LogP contribution in [-0.2, 0) is 7.05 Å². The molecule has 3 aromatic rings. The molecule has 0 aliphatic heterocycles. The monoisotopic (exact) mass is 227 g/mol. The second kappa shape index (κ2) is 3.38. The van der Waals surface area contributed by atoms with E-state index in [4.69, 9.17) is 10.2 Å². The van der Waals surface area contributed by atoms with Gasteiger partial charge in [-0.25, -0.2) is 0 Å². The van der Waals surface area contributed by atoms with Crippen LogP contribution in [0.15, 0.2) is 34.7 Å². The summed E-state index contributed by atoms with van der Waals surface area (Å²) >= 11 is 0. The van der Waals surface area contributed by atoms with Crippen molar-refractivity contribution in [3.63, 3.8) is 0 Å². The summed E-state index contributed by atoms with van der Waals surface area (Å²) < 4.78 is 7.37. The Bertz CT molecular complexity index is 674. The Balaban J connectivity index is 2.29. The summed E-state index contributed by atoms with van der Waals surface area (Å²) in [6.45, 7) is 1.94.